The number of hydrogen-bond donors (Lipinski definition) is 1. The van der Waals surface area contributed by atoms with Gasteiger partial charge in [-0.1, -0.05) is 0 Å². The van der Waals surface area contributed by atoms with E-state index < -0.39 is 0 Å². The third-order valence-corrected chi connectivity index (χ3v) is 5.03. The molecule has 0 aromatic carbocycles. The molecule has 118 valence electrons. The Bertz CT molecular complexity index is 655. The number of halogens is 1. The maximum Gasteiger partial charge on any atom is 0.270 e. The number of aromatic nitrogens is 1. The van der Waals surface area contributed by atoms with E-state index in [1.54, 1.807) is 12.1 Å². The van der Waals surface area contributed by atoms with E-state index in [1.807, 2.05) is 4.90 Å². The number of carbonyl (C=O) groups is 1. The molecule has 1 N–H and O–H groups in total. The molecule has 4 rings (SSSR count). The van der Waals surface area contributed by atoms with Gasteiger partial charge in [0.05, 0.1) is 5.52 Å². The molecule has 0 aliphatic carbocycles. The molecule has 2 aliphatic heterocycles. The van der Waals surface area contributed by atoms with Crippen LogP contribution in [0.2, 0.25) is 5.22 Å². The van der Waals surface area contributed by atoms with Crippen LogP contribution in [0.5, 0.6) is 0 Å². The minimum Gasteiger partial charge on any atom is -0.443 e. The Labute approximate surface area is 134 Å². The minimum absolute atomic E-state index is 0.0615. The zero-order valence-corrected chi connectivity index (χ0v) is 13.2. The number of H-pyrrole nitrogens is 1. The first-order chi connectivity index (χ1) is 10.7. The fourth-order valence-corrected chi connectivity index (χ4v) is 3.91. The molecule has 22 heavy (non-hydrogen) atoms. The average Bonchev–Trinajstić information content (AvgIpc) is 3.22. The molecular formula is C16H20ClN3O2. The standard InChI is InChI=1S/C16H20ClN3O2/c17-15-9-12-14(22-15)8-13(18-12)16(21)20-7-3-4-11(10-20)19-5-1-2-6-19/h8-9,11,18H,1-7,10H2. The molecule has 4 heterocycles. The lowest BCUT2D eigenvalue weighted by Crippen LogP contribution is -2.49. The van der Waals surface area contributed by atoms with Crippen LogP contribution in [0.15, 0.2) is 16.5 Å². The lowest BCUT2D eigenvalue weighted by Gasteiger charge is -2.37. The molecule has 0 bridgehead atoms. The fourth-order valence-electron chi connectivity index (χ4n) is 3.72. The van der Waals surface area contributed by atoms with Crippen molar-refractivity contribution >= 4 is 28.6 Å². The van der Waals surface area contributed by atoms with E-state index in [-0.39, 0.29) is 5.91 Å². The van der Waals surface area contributed by atoms with Crippen molar-refractivity contribution in [3.8, 4) is 0 Å². The summed E-state index contributed by atoms with van der Waals surface area (Å²) in [5.74, 6) is 0.0615. The number of furan rings is 1. The van der Waals surface area contributed by atoms with Crippen molar-refractivity contribution in [3.63, 3.8) is 0 Å². The number of fused-ring (bicyclic) bond motifs is 1. The van der Waals surface area contributed by atoms with E-state index in [1.165, 1.54) is 32.4 Å². The van der Waals surface area contributed by atoms with Crippen molar-refractivity contribution in [1.82, 2.24) is 14.8 Å². The number of nitrogens with one attached hydrogen (secondary N) is 1. The van der Waals surface area contributed by atoms with Crippen molar-refractivity contribution in [2.75, 3.05) is 26.2 Å². The first-order valence-electron chi connectivity index (χ1n) is 8.02. The molecule has 1 atom stereocenters. The van der Waals surface area contributed by atoms with Crippen molar-refractivity contribution in [1.29, 1.82) is 0 Å². The Balaban J connectivity index is 1.49. The summed E-state index contributed by atoms with van der Waals surface area (Å²) in [7, 11) is 0. The predicted octanol–water partition coefficient (Wildman–Crippen LogP) is 3.11. The first-order valence-corrected chi connectivity index (χ1v) is 8.40. The van der Waals surface area contributed by atoms with E-state index in [2.05, 4.69) is 9.88 Å². The third-order valence-electron chi connectivity index (χ3n) is 4.85. The zero-order valence-electron chi connectivity index (χ0n) is 12.5. The molecule has 2 aromatic rings. The lowest BCUT2D eigenvalue weighted by molar-refractivity contribution is 0.0603. The number of carbonyl (C=O) groups excluding carboxylic acids is 1. The van der Waals surface area contributed by atoms with E-state index in [9.17, 15) is 4.79 Å². The van der Waals surface area contributed by atoms with E-state index in [4.69, 9.17) is 16.0 Å². The van der Waals surface area contributed by atoms with Gasteiger partial charge in [0.2, 0.25) is 0 Å². The highest BCUT2D eigenvalue weighted by Crippen LogP contribution is 2.25. The highest BCUT2D eigenvalue weighted by Gasteiger charge is 2.30. The maximum atomic E-state index is 12.7. The van der Waals surface area contributed by atoms with E-state index >= 15 is 0 Å². The molecule has 0 radical (unpaired) electrons. The van der Waals surface area contributed by atoms with Crippen LogP contribution >= 0.6 is 11.6 Å². The Kier molecular flexibility index (Phi) is 3.62. The van der Waals surface area contributed by atoms with Crippen molar-refractivity contribution in [3.05, 3.63) is 23.0 Å². The van der Waals surface area contributed by atoms with Gasteiger partial charge in [-0.05, 0) is 50.4 Å². The van der Waals surface area contributed by atoms with Gasteiger partial charge in [0.25, 0.3) is 5.91 Å². The summed E-state index contributed by atoms with van der Waals surface area (Å²) in [5, 5.41) is 0.340. The summed E-state index contributed by atoms with van der Waals surface area (Å²) in [5.41, 5.74) is 2.01. The number of rotatable bonds is 2. The molecule has 0 saturated carbocycles. The van der Waals surface area contributed by atoms with Gasteiger partial charge in [-0.2, -0.15) is 0 Å². The lowest BCUT2D eigenvalue weighted by atomic mass is 10.0. The summed E-state index contributed by atoms with van der Waals surface area (Å²) in [6.07, 6.45) is 4.86. The Hall–Kier alpha value is -1.46. The second kappa shape index (κ2) is 5.63. The van der Waals surface area contributed by atoms with Gasteiger partial charge in [0.1, 0.15) is 5.69 Å². The highest BCUT2D eigenvalue weighted by atomic mass is 35.5. The Morgan fingerprint density at radius 2 is 2.05 bits per heavy atom. The second-order valence-corrected chi connectivity index (χ2v) is 6.67. The molecule has 2 aliphatic rings. The predicted molar refractivity (Wildman–Crippen MR) is 85.3 cm³/mol. The van der Waals surface area contributed by atoms with Crippen LogP contribution in [0.1, 0.15) is 36.2 Å². The quantitative estimate of drug-likeness (QED) is 0.924. The zero-order chi connectivity index (χ0) is 15.1. The number of hydrogen-bond acceptors (Lipinski definition) is 3. The molecule has 5 nitrogen and oxygen atoms in total. The van der Waals surface area contributed by atoms with Gasteiger partial charge in [-0.25, -0.2) is 0 Å². The summed E-state index contributed by atoms with van der Waals surface area (Å²) >= 11 is 5.81. The molecular weight excluding hydrogens is 302 g/mol. The molecule has 2 fully saturated rings. The Morgan fingerprint density at radius 3 is 2.82 bits per heavy atom. The van der Waals surface area contributed by atoms with Crippen LogP contribution in [-0.4, -0.2) is 52.9 Å². The molecule has 2 saturated heterocycles. The number of nitrogens with zero attached hydrogens (tertiary/aromatic N) is 2. The van der Waals surface area contributed by atoms with Crippen LogP contribution in [0.25, 0.3) is 11.1 Å². The van der Waals surface area contributed by atoms with Crippen LogP contribution in [0.4, 0.5) is 0 Å². The van der Waals surface area contributed by atoms with Crippen LogP contribution in [-0.2, 0) is 0 Å². The molecule has 6 heteroatoms. The summed E-state index contributed by atoms with van der Waals surface area (Å²) in [6.45, 7) is 4.03. The normalized spacial score (nSPS) is 23.5. The highest BCUT2D eigenvalue weighted by molar-refractivity contribution is 6.29. The molecule has 1 amide bonds. The van der Waals surface area contributed by atoms with Crippen LogP contribution < -0.4 is 0 Å². The largest absolute Gasteiger partial charge is 0.443 e. The third kappa shape index (κ3) is 2.52. The van der Waals surface area contributed by atoms with Crippen molar-refractivity contribution in [2.45, 2.75) is 31.7 Å². The van der Waals surface area contributed by atoms with Gasteiger partial charge in [-0.3, -0.25) is 9.69 Å². The van der Waals surface area contributed by atoms with E-state index in [0.29, 0.717) is 22.5 Å². The molecule has 0 spiro atoms. The average molecular weight is 322 g/mol. The Morgan fingerprint density at radius 1 is 1.23 bits per heavy atom. The topological polar surface area (TPSA) is 52.5 Å². The smallest absolute Gasteiger partial charge is 0.270 e. The number of aromatic amines is 1. The maximum absolute atomic E-state index is 12.7. The summed E-state index contributed by atoms with van der Waals surface area (Å²) in [4.78, 5) is 20.3. The van der Waals surface area contributed by atoms with Crippen molar-refractivity contribution in [2.24, 2.45) is 0 Å². The summed E-state index contributed by atoms with van der Waals surface area (Å²) < 4.78 is 5.34. The van der Waals surface area contributed by atoms with E-state index in [0.717, 1.165) is 25.0 Å². The number of amides is 1. The van der Waals surface area contributed by atoms with Gasteiger partial charge in [0.15, 0.2) is 10.8 Å². The number of likely N-dealkylation sites (tertiary alicyclic amines) is 2. The minimum atomic E-state index is 0.0615. The van der Waals surface area contributed by atoms with Crippen LogP contribution in [0, 0.1) is 0 Å². The molecule has 2 aromatic heterocycles. The fraction of sp³-hybridized carbons (Fsp3) is 0.562. The van der Waals surface area contributed by atoms with Gasteiger partial charge in [0, 0.05) is 31.3 Å². The van der Waals surface area contributed by atoms with Gasteiger partial charge < -0.3 is 14.3 Å². The first kappa shape index (κ1) is 14.2. The second-order valence-electron chi connectivity index (χ2n) is 6.30. The summed E-state index contributed by atoms with van der Waals surface area (Å²) in [6, 6.07) is 3.98. The molecule has 1 unspecified atom stereocenters. The van der Waals surface area contributed by atoms with Crippen molar-refractivity contribution < 1.29 is 9.21 Å². The monoisotopic (exact) mass is 321 g/mol. The SMILES string of the molecule is O=C(c1cc2oc(Cl)cc2[nH]1)N1CCCC(N2CCCC2)C1. The van der Waals surface area contributed by atoms with Crippen LogP contribution in [0.3, 0.4) is 0 Å². The van der Waals surface area contributed by atoms with Gasteiger partial charge in [-0.15, -0.1) is 0 Å². The van der Waals surface area contributed by atoms with Gasteiger partial charge >= 0.3 is 0 Å². The number of piperidine rings is 1.